The molecular formula is C19H16N4O2. The van der Waals surface area contributed by atoms with Crippen molar-refractivity contribution in [3.8, 4) is 11.3 Å². The molecule has 0 unspecified atom stereocenters. The first-order valence-electron chi connectivity index (χ1n) is 7.87. The maximum absolute atomic E-state index is 11.7. The van der Waals surface area contributed by atoms with Gasteiger partial charge in [-0.25, -0.2) is 9.50 Å². The lowest BCUT2D eigenvalue weighted by molar-refractivity contribution is 0.101. The fraction of sp³-hybridized carbons (Fsp3) is 0.105. The molecule has 3 heterocycles. The van der Waals surface area contributed by atoms with Crippen LogP contribution in [0.25, 0.3) is 16.9 Å². The van der Waals surface area contributed by atoms with Gasteiger partial charge >= 0.3 is 0 Å². The number of hydrogen-bond donors (Lipinski definition) is 0. The Hall–Kier alpha value is -3.41. The van der Waals surface area contributed by atoms with E-state index in [2.05, 4.69) is 10.1 Å². The van der Waals surface area contributed by atoms with Gasteiger partial charge in [0.05, 0.1) is 18.2 Å². The first-order valence-corrected chi connectivity index (χ1v) is 7.87. The SMILES string of the molecule is CC(=O)c1cccc(-c2cnc3ccc(N(C)c4ccco4)nn23)c1. The summed E-state index contributed by atoms with van der Waals surface area (Å²) in [6.45, 7) is 1.56. The van der Waals surface area contributed by atoms with Crippen LogP contribution >= 0.6 is 0 Å². The van der Waals surface area contributed by atoms with Gasteiger partial charge in [-0.05, 0) is 31.2 Å². The second-order valence-electron chi connectivity index (χ2n) is 5.75. The Labute approximate surface area is 144 Å². The van der Waals surface area contributed by atoms with Gasteiger partial charge in [-0.15, -0.1) is 5.10 Å². The molecule has 6 heteroatoms. The molecule has 1 aromatic carbocycles. The van der Waals surface area contributed by atoms with Gasteiger partial charge in [0.2, 0.25) is 5.88 Å². The lowest BCUT2D eigenvalue weighted by Crippen LogP contribution is -2.12. The van der Waals surface area contributed by atoms with E-state index >= 15 is 0 Å². The highest BCUT2D eigenvalue weighted by Crippen LogP contribution is 2.25. The van der Waals surface area contributed by atoms with Gasteiger partial charge in [-0.1, -0.05) is 18.2 Å². The van der Waals surface area contributed by atoms with Crippen LogP contribution in [0.4, 0.5) is 11.7 Å². The van der Waals surface area contributed by atoms with E-state index in [0.29, 0.717) is 11.4 Å². The summed E-state index contributed by atoms with van der Waals surface area (Å²) in [5, 5.41) is 4.68. The van der Waals surface area contributed by atoms with Crippen LogP contribution in [0.15, 0.2) is 65.4 Å². The van der Waals surface area contributed by atoms with Crippen molar-refractivity contribution in [1.29, 1.82) is 0 Å². The molecule has 0 fully saturated rings. The fourth-order valence-electron chi connectivity index (χ4n) is 2.71. The number of furan rings is 1. The van der Waals surface area contributed by atoms with Gasteiger partial charge in [0.25, 0.3) is 0 Å². The summed E-state index contributed by atoms with van der Waals surface area (Å²) in [7, 11) is 1.89. The number of imidazole rings is 1. The Kier molecular flexibility index (Phi) is 3.57. The van der Waals surface area contributed by atoms with Crippen LogP contribution in [0.3, 0.4) is 0 Å². The predicted octanol–water partition coefficient (Wildman–Crippen LogP) is 3.96. The molecule has 6 nitrogen and oxygen atoms in total. The maximum atomic E-state index is 11.7. The van der Waals surface area contributed by atoms with Crippen molar-refractivity contribution in [2.45, 2.75) is 6.92 Å². The molecule has 0 aliphatic carbocycles. The molecule has 4 rings (SSSR count). The normalized spacial score (nSPS) is 11.0. The van der Waals surface area contributed by atoms with Crippen LogP contribution in [-0.4, -0.2) is 27.4 Å². The molecule has 0 saturated heterocycles. The molecule has 0 amide bonds. The van der Waals surface area contributed by atoms with E-state index in [1.165, 1.54) is 0 Å². The van der Waals surface area contributed by atoms with Gasteiger partial charge in [0.15, 0.2) is 17.2 Å². The largest absolute Gasteiger partial charge is 0.448 e. The van der Waals surface area contributed by atoms with Crippen molar-refractivity contribution >= 4 is 23.1 Å². The number of carbonyl (C=O) groups is 1. The van der Waals surface area contributed by atoms with Crippen molar-refractivity contribution in [2.24, 2.45) is 0 Å². The molecule has 0 atom stereocenters. The summed E-state index contributed by atoms with van der Waals surface area (Å²) in [5.74, 6) is 1.46. The summed E-state index contributed by atoms with van der Waals surface area (Å²) in [6, 6.07) is 15.0. The van der Waals surface area contributed by atoms with Crippen LogP contribution in [-0.2, 0) is 0 Å². The van der Waals surface area contributed by atoms with Crippen LogP contribution in [0, 0.1) is 0 Å². The molecule has 4 aromatic rings. The van der Waals surface area contributed by atoms with Crippen molar-refractivity contribution in [2.75, 3.05) is 11.9 Å². The highest BCUT2D eigenvalue weighted by atomic mass is 16.3. The van der Waals surface area contributed by atoms with E-state index in [0.717, 1.165) is 22.7 Å². The lowest BCUT2D eigenvalue weighted by atomic mass is 10.1. The molecule has 124 valence electrons. The zero-order chi connectivity index (χ0) is 17.4. The first kappa shape index (κ1) is 15.1. The molecule has 0 N–H and O–H groups in total. The smallest absolute Gasteiger partial charge is 0.200 e. The van der Waals surface area contributed by atoms with E-state index < -0.39 is 0 Å². The molecule has 0 bridgehead atoms. The fourth-order valence-corrected chi connectivity index (χ4v) is 2.71. The number of hydrogen-bond acceptors (Lipinski definition) is 5. The first-order chi connectivity index (χ1) is 12.1. The Morgan fingerprint density at radius 2 is 2.04 bits per heavy atom. The highest BCUT2D eigenvalue weighted by Gasteiger charge is 2.13. The summed E-state index contributed by atoms with van der Waals surface area (Å²) in [4.78, 5) is 17.9. The summed E-state index contributed by atoms with van der Waals surface area (Å²) >= 11 is 0. The van der Waals surface area contributed by atoms with Gasteiger partial charge < -0.3 is 4.42 Å². The third kappa shape index (κ3) is 2.67. The summed E-state index contributed by atoms with van der Waals surface area (Å²) < 4.78 is 7.20. The van der Waals surface area contributed by atoms with Crippen molar-refractivity contribution in [3.05, 3.63) is 66.6 Å². The zero-order valence-electron chi connectivity index (χ0n) is 13.9. The Morgan fingerprint density at radius 3 is 2.80 bits per heavy atom. The number of benzene rings is 1. The average Bonchev–Trinajstić information content (AvgIpc) is 3.30. The van der Waals surface area contributed by atoms with E-state index in [1.807, 2.05) is 54.4 Å². The number of Topliss-reactive ketones (excluding diaryl/α,β-unsaturated/α-hetero) is 1. The van der Waals surface area contributed by atoms with Gasteiger partial charge in [0.1, 0.15) is 0 Å². The number of aromatic nitrogens is 3. The second kappa shape index (κ2) is 5.90. The lowest BCUT2D eigenvalue weighted by Gasteiger charge is -2.15. The zero-order valence-corrected chi connectivity index (χ0v) is 13.9. The van der Waals surface area contributed by atoms with Crippen LogP contribution < -0.4 is 4.90 Å². The molecule has 0 spiro atoms. The molecule has 0 aliphatic rings. The number of rotatable bonds is 4. The summed E-state index contributed by atoms with van der Waals surface area (Å²) in [5.41, 5.74) is 3.12. The monoisotopic (exact) mass is 332 g/mol. The number of fused-ring (bicyclic) bond motifs is 1. The molecule has 0 radical (unpaired) electrons. The third-order valence-corrected chi connectivity index (χ3v) is 4.09. The van der Waals surface area contributed by atoms with Crippen molar-refractivity contribution < 1.29 is 9.21 Å². The quantitative estimate of drug-likeness (QED) is 0.529. The van der Waals surface area contributed by atoms with Gasteiger partial charge in [-0.3, -0.25) is 9.69 Å². The molecule has 25 heavy (non-hydrogen) atoms. The predicted molar refractivity (Wildman–Crippen MR) is 95.2 cm³/mol. The second-order valence-corrected chi connectivity index (χ2v) is 5.75. The van der Waals surface area contributed by atoms with Gasteiger partial charge in [-0.2, -0.15) is 0 Å². The van der Waals surface area contributed by atoms with Crippen LogP contribution in [0.1, 0.15) is 17.3 Å². The van der Waals surface area contributed by atoms with E-state index in [4.69, 9.17) is 4.42 Å². The van der Waals surface area contributed by atoms with Crippen LogP contribution in [0.2, 0.25) is 0 Å². The standard InChI is InChI=1S/C19H16N4O2/c1-13(24)14-5-3-6-15(11-14)16-12-20-17-8-9-18(21-23(16)17)22(2)19-7-4-10-25-19/h3-12H,1-2H3. The average molecular weight is 332 g/mol. The molecule has 0 saturated carbocycles. The third-order valence-electron chi connectivity index (χ3n) is 4.09. The topological polar surface area (TPSA) is 63.6 Å². The van der Waals surface area contributed by atoms with Crippen molar-refractivity contribution in [3.63, 3.8) is 0 Å². The van der Waals surface area contributed by atoms with E-state index in [9.17, 15) is 4.79 Å². The minimum Gasteiger partial charge on any atom is -0.448 e. The van der Waals surface area contributed by atoms with E-state index in [1.54, 1.807) is 30.0 Å². The summed E-state index contributed by atoms with van der Waals surface area (Å²) in [6.07, 6.45) is 3.39. The maximum Gasteiger partial charge on any atom is 0.200 e. The Bertz CT molecular complexity index is 1050. The number of nitrogens with zero attached hydrogens (tertiary/aromatic N) is 4. The number of carbonyl (C=O) groups excluding carboxylic acids is 1. The molecule has 0 aliphatic heterocycles. The van der Waals surface area contributed by atoms with E-state index in [-0.39, 0.29) is 5.78 Å². The molecule has 3 aromatic heterocycles. The Morgan fingerprint density at radius 1 is 1.16 bits per heavy atom. The molecular weight excluding hydrogens is 316 g/mol. The minimum absolute atomic E-state index is 0.0295. The van der Waals surface area contributed by atoms with Crippen LogP contribution in [0.5, 0.6) is 0 Å². The van der Waals surface area contributed by atoms with Gasteiger partial charge in [0, 0.05) is 24.2 Å². The Balaban J connectivity index is 1.82. The highest BCUT2D eigenvalue weighted by molar-refractivity contribution is 5.95. The number of ketones is 1. The van der Waals surface area contributed by atoms with Crippen molar-refractivity contribution in [1.82, 2.24) is 14.6 Å². The number of anilines is 2. The minimum atomic E-state index is 0.0295.